The highest BCUT2D eigenvalue weighted by Crippen LogP contribution is 2.26. The van der Waals surface area contributed by atoms with Crippen LogP contribution in [0.3, 0.4) is 0 Å². The van der Waals surface area contributed by atoms with Gasteiger partial charge in [0.2, 0.25) is 0 Å². The molecule has 0 bridgehead atoms. The molecular formula is C15H22N4. The van der Waals surface area contributed by atoms with Crippen LogP contribution in [0.15, 0.2) is 24.3 Å². The lowest BCUT2D eigenvalue weighted by Gasteiger charge is -2.27. The number of anilines is 1. The first-order chi connectivity index (χ1) is 9.29. The van der Waals surface area contributed by atoms with Gasteiger partial charge in [0.05, 0.1) is 5.52 Å². The summed E-state index contributed by atoms with van der Waals surface area (Å²) in [6, 6.07) is 8.45. The first-order valence-corrected chi connectivity index (χ1v) is 7.09. The summed E-state index contributed by atoms with van der Waals surface area (Å²) in [5, 5.41) is 4.59. The van der Waals surface area contributed by atoms with Gasteiger partial charge in [-0.15, -0.1) is 0 Å². The highest BCUT2D eigenvalue weighted by atomic mass is 15.2. The predicted molar refractivity (Wildman–Crippen MR) is 80.2 cm³/mol. The molecule has 0 amide bonds. The van der Waals surface area contributed by atoms with Crippen molar-refractivity contribution in [1.82, 2.24) is 14.8 Å². The molecule has 3 rings (SSSR count). The summed E-state index contributed by atoms with van der Waals surface area (Å²) in [4.78, 5) is 2.51. The summed E-state index contributed by atoms with van der Waals surface area (Å²) in [6.07, 6.45) is 0. The molecule has 3 N–H and O–H groups in total. The van der Waals surface area contributed by atoms with Crippen molar-refractivity contribution in [3.63, 3.8) is 0 Å². The van der Waals surface area contributed by atoms with Crippen LogP contribution >= 0.6 is 0 Å². The van der Waals surface area contributed by atoms with Gasteiger partial charge >= 0.3 is 0 Å². The second-order valence-corrected chi connectivity index (χ2v) is 5.19. The summed E-state index contributed by atoms with van der Waals surface area (Å²) in [7, 11) is 0. The summed E-state index contributed by atoms with van der Waals surface area (Å²) >= 11 is 0. The third kappa shape index (κ3) is 2.33. The van der Waals surface area contributed by atoms with Crippen molar-refractivity contribution in [1.29, 1.82) is 0 Å². The Hall–Kier alpha value is -1.52. The summed E-state index contributed by atoms with van der Waals surface area (Å²) < 4.78 is 2.38. The Bertz CT molecular complexity index is 567. The van der Waals surface area contributed by atoms with E-state index in [2.05, 4.69) is 33.8 Å². The lowest BCUT2D eigenvalue weighted by Crippen LogP contribution is -2.43. The monoisotopic (exact) mass is 258 g/mol. The molecule has 0 saturated carbocycles. The molecule has 0 spiro atoms. The number of fused-ring (bicyclic) bond motifs is 1. The predicted octanol–water partition coefficient (Wildman–Crippen LogP) is 1.65. The number of aryl methyl sites for hydroxylation is 1. The van der Waals surface area contributed by atoms with Crippen LogP contribution in [0, 0.1) is 0 Å². The molecule has 0 atom stereocenters. The average molecular weight is 258 g/mol. The van der Waals surface area contributed by atoms with Crippen molar-refractivity contribution in [2.45, 2.75) is 20.0 Å². The van der Waals surface area contributed by atoms with Gasteiger partial charge in [-0.05, 0) is 25.1 Å². The van der Waals surface area contributed by atoms with E-state index in [9.17, 15) is 0 Å². The second kappa shape index (κ2) is 5.23. The van der Waals surface area contributed by atoms with Crippen LogP contribution in [0.1, 0.15) is 12.6 Å². The Morgan fingerprint density at radius 3 is 2.79 bits per heavy atom. The number of piperazine rings is 1. The zero-order valence-corrected chi connectivity index (χ0v) is 11.5. The van der Waals surface area contributed by atoms with Crippen molar-refractivity contribution in [3.05, 3.63) is 30.0 Å². The molecule has 2 aromatic rings. The number of nitrogens with one attached hydrogen (secondary N) is 1. The highest BCUT2D eigenvalue weighted by Gasteiger charge is 2.14. The Kier molecular flexibility index (Phi) is 3.44. The van der Waals surface area contributed by atoms with Gasteiger partial charge in [0.25, 0.3) is 0 Å². The fourth-order valence-electron chi connectivity index (χ4n) is 2.97. The van der Waals surface area contributed by atoms with Crippen molar-refractivity contribution in [2.24, 2.45) is 0 Å². The number of rotatable bonds is 3. The number of nitrogens with two attached hydrogens (primary N) is 1. The Balaban J connectivity index is 1.95. The third-order valence-electron chi connectivity index (χ3n) is 3.98. The largest absolute Gasteiger partial charge is 0.398 e. The Morgan fingerprint density at radius 1 is 1.26 bits per heavy atom. The molecule has 1 aromatic heterocycles. The van der Waals surface area contributed by atoms with Gasteiger partial charge in [-0.25, -0.2) is 0 Å². The fourth-order valence-corrected chi connectivity index (χ4v) is 2.97. The maximum Gasteiger partial charge on any atom is 0.0503 e. The minimum absolute atomic E-state index is 0.881. The topological polar surface area (TPSA) is 46.2 Å². The fraction of sp³-hybridized carbons (Fsp3) is 0.467. The van der Waals surface area contributed by atoms with Crippen LogP contribution in [0.25, 0.3) is 10.9 Å². The maximum atomic E-state index is 6.09. The van der Waals surface area contributed by atoms with E-state index in [0.717, 1.165) is 45.0 Å². The average Bonchev–Trinajstić information content (AvgIpc) is 2.79. The van der Waals surface area contributed by atoms with Gasteiger partial charge in [-0.2, -0.15) is 0 Å². The van der Waals surface area contributed by atoms with Gasteiger partial charge in [0.15, 0.2) is 0 Å². The molecule has 0 aliphatic carbocycles. The van der Waals surface area contributed by atoms with Gasteiger partial charge < -0.3 is 15.6 Å². The van der Waals surface area contributed by atoms with Crippen LogP contribution in [0.2, 0.25) is 0 Å². The molecule has 19 heavy (non-hydrogen) atoms. The van der Waals surface area contributed by atoms with Crippen LogP contribution in [0.4, 0.5) is 5.69 Å². The zero-order valence-electron chi connectivity index (χ0n) is 11.5. The number of nitrogens with zero attached hydrogens (tertiary/aromatic N) is 2. The summed E-state index contributed by atoms with van der Waals surface area (Å²) in [5.41, 5.74) is 9.60. The van der Waals surface area contributed by atoms with E-state index < -0.39 is 0 Å². The van der Waals surface area contributed by atoms with Crippen molar-refractivity contribution in [2.75, 3.05) is 31.9 Å². The SMILES string of the molecule is CCn1c(CN2CCNCC2)cc2c(N)cccc21. The first kappa shape index (κ1) is 12.5. The number of hydrogen-bond donors (Lipinski definition) is 2. The van der Waals surface area contributed by atoms with E-state index in [0.29, 0.717) is 0 Å². The lowest BCUT2D eigenvalue weighted by atomic mass is 10.2. The van der Waals surface area contributed by atoms with Gasteiger partial charge in [-0.3, -0.25) is 4.90 Å². The molecular weight excluding hydrogens is 236 g/mol. The highest BCUT2D eigenvalue weighted by molar-refractivity contribution is 5.92. The minimum atomic E-state index is 0.881. The number of hydrogen-bond acceptors (Lipinski definition) is 3. The summed E-state index contributed by atoms with van der Waals surface area (Å²) in [6.45, 7) is 8.65. The van der Waals surface area contributed by atoms with Gasteiger partial charge in [0, 0.05) is 56.0 Å². The minimum Gasteiger partial charge on any atom is -0.398 e. The van der Waals surface area contributed by atoms with E-state index in [-0.39, 0.29) is 0 Å². The van der Waals surface area contributed by atoms with Crippen LogP contribution in [-0.2, 0) is 13.1 Å². The molecule has 1 fully saturated rings. The molecule has 4 heteroatoms. The molecule has 1 saturated heterocycles. The molecule has 2 heterocycles. The Morgan fingerprint density at radius 2 is 2.05 bits per heavy atom. The van der Waals surface area contributed by atoms with E-state index in [4.69, 9.17) is 5.73 Å². The zero-order chi connectivity index (χ0) is 13.2. The quantitative estimate of drug-likeness (QED) is 0.823. The molecule has 4 nitrogen and oxygen atoms in total. The summed E-state index contributed by atoms with van der Waals surface area (Å²) in [5.74, 6) is 0. The number of aromatic nitrogens is 1. The molecule has 1 aliphatic rings. The van der Waals surface area contributed by atoms with E-state index >= 15 is 0 Å². The standard InChI is InChI=1S/C15H22N4/c1-2-19-12(11-18-8-6-17-7-9-18)10-13-14(16)4-3-5-15(13)19/h3-5,10,17H,2,6-9,11,16H2,1H3. The molecule has 0 unspecified atom stereocenters. The van der Waals surface area contributed by atoms with Gasteiger partial charge in [0.1, 0.15) is 0 Å². The Labute approximate surface area is 114 Å². The maximum absolute atomic E-state index is 6.09. The number of benzene rings is 1. The lowest BCUT2D eigenvalue weighted by molar-refractivity contribution is 0.228. The van der Waals surface area contributed by atoms with Crippen LogP contribution < -0.4 is 11.1 Å². The first-order valence-electron chi connectivity index (χ1n) is 7.09. The normalized spacial score (nSPS) is 17.1. The van der Waals surface area contributed by atoms with Crippen molar-refractivity contribution >= 4 is 16.6 Å². The smallest absolute Gasteiger partial charge is 0.0503 e. The number of nitrogen functional groups attached to an aromatic ring is 1. The van der Waals surface area contributed by atoms with Crippen molar-refractivity contribution < 1.29 is 0 Å². The van der Waals surface area contributed by atoms with Crippen LogP contribution in [0.5, 0.6) is 0 Å². The molecule has 102 valence electrons. The van der Waals surface area contributed by atoms with Crippen molar-refractivity contribution in [3.8, 4) is 0 Å². The second-order valence-electron chi connectivity index (χ2n) is 5.19. The molecule has 1 aliphatic heterocycles. The third-order valence-corrected chi connectivity index (χ3v) is 3.98. The molecule has 0 radical (unpaired) electrons. The van der Waals surface area contributed by atoms with E-state index in [1.165, 1.54) is 16.6 Å². The van der Waals surface area contributed by atoms with Crippen LogP contribution in [-0.4, -0.2) is 35.6 Å². The molecule has 1 aromatic carbocycles. The van der Waals surface area contributed by atoms with E-state index in [1.807, 2.05) is 12.1 Å². The van der Waals surface area contributed by atoms with E-state index in [1.54, 1.807) is 0 Å². The van der Waals surface area contributed by atoms with Gasteiger partial charge in [-0.1, -0.05) is 6.07 Å².